The third-order valence-electron chi connectivity index (χ3n) is 5.66. The lowest BCUT2D eigenvalue weighted by Gasteiger charge is -2.32. The summed E-state index contributed by atoms with van der Waals surface area (Å²) in [6.45, 7) is 8.59. The zero-order valence-corrected chi connectivity index (χ0v) is 17.2. The Kier molecular flexibility index (Phi) is 3.72. The maximum atomic E-state index is 8.08. The van der Waals surface area contributed by atoms with E-state index in [9.17, 15) is 0 Å². The van der Waals surface area contributed by atoms with Gasteiger partial charge in [-0.15, -0.1) is 0 Å². The molecule has 0 saturated heterocycles. The molecule has 2 heterocycles. The van der Waals surface area contributed by atoms with Crippen molar-refractivity contribution < 1.29 is 4.42 Å². The van der Waals surface area contributed by atoms with Gasteiger partial charge in [-0.3, -0.25) is 0 Å². The molecule has 2 N–H and O–H groups in total. The standard InChI is InChI=1S/C26H24N2O/c1-15-5-7-17(8-6-15)24-19-10-9-18(27)13-22(19)29-25-20(24)11-12-21-23(25)16(2)14-26(3,4)28-21/h5-14,27-28H,1-4H3. The number of benzene rings is 3. The SMILES string of the molecule is CC1=CC(C)(C)Nc2ccc3c(-c4ccc(C)cc4)c4ccc(=N)cc-4oc3c21. The predicted octanol–water partition coefficient (Wildman–Crippen LogP) is 6.60. The molecule has 0 unspecified atom stereocenters. The van der Waals surface area contributed by atoms with Crippen molar-refractivity contribution in [2.75, 3.05) is 5.32 Å². The highest BCUT2D eigenvalue weighted by atomic mass is 16.3. The highest BCUT2D eigenvalue weighted by Crippen LogP contribution is 2.45. The van der Waals surface area contributed by atoms with Crippen LogP contribution in [0.3, 0.4) is 0 Å². The van der Waals surface area contributed by atoms with Gasteiger partial charge >= 0.3 is 0 Å². The molecule has 0 saturated carbocycles. The monoisotopic (exact) mass is 380 g/mol. The van der Waals surface area contributed by atoms with E-state index >= 15 is 0 Å². The van der Waals surface area contributed by atoms with E-state index in [1.54, 1.807) is 0 Å². The van der Waals surface area contributed by atoms with E-state index in [1.165, 1.54) is 11.1 Å². The second-order valence-electron chi connectivity index (χ2n) is 8.59. The number of hydrogen-bond donors (Lipinski definition) is 2. The zero-order chi connectivity index (χ0) is 20.3. The smallest absolute Gasteiger partial charge is 0.144 e. The van der Waals surface area contributed by atoms with Crippen LogP contribution in [0.4, 0.5) is 5.69 Å². The molecule has 2 aromatic rings. The zero-order valence-electron chi connectivity index (χ0n) is 17.2. The molecule has 5 rings (SSSR count). The molecule has 3 heteroatoms. The number of nitrogens with one attached hydrogen (secondary N) is 2. The number of anilines is 1. The normalized spacial score (nSPS) is 15.1. The topological polar surface area (TPSA) is 49.0 Å². The van der Waals surface area contributed by atoms with E-state index in [0.717, 1.165) is 44.7 Å². The fourth-order valence-corrected chi connectivity index (χ4v) is 4.48. The van der Waals surface area contributed by atoms with Crippen LogP contribution in [0.2, 0.25) is 0 Å². The maximum Gasteiger partial charge on any atom is 0.144 e. The van der Waals surface area contributed by atoms with Gasteiger partial charge in [0.2, 0.25) is 0 Å². The van der Waals surface area contributed by atoms with Crippen molar-refractivity contribution in [3.05, 3.63) is 77.2 Å². The summed E-state index contributed by atoms with van der Waals surface area (Å²) in [6, 6.07) is 18.6. The van der Waals surface area contributed by atoms with Crippen molar-refractivity contribution in [1.29, 1.82) is 5.41 Å². The van der Waals surface area contributed by atoms with Crippen molar-refractivity contribution >= 4 is 22.2 Å². The summed E-state index contributed by atoms with van der Waals surface area (Å²) >= 11 is 0. The fourth-order valence-electron chi connectivity index (χ4n) is 4.48. The first-order chi connectivity index (χ1) is 13.8. The first kappa shape index (κ1) is 17.7. The van der Waals surface area contributed by atoms with Gasteiger partial charge in [0.1, 0.15) is 11.3 Å². The summed E-state index contributed by atoms with van der Waals surface area (Å²) in [4.78, 5) is 0. The van der Waals surface area contributed by atoms with Crippen LogP contribution in [0.1, 0.15) is 31.9 Å². The Morgan fingerprint density at radius 1 is 0.897 bits per heavy atom. The molecular formula is C26H24N2O. The molecule has 0 atom stereocenters. The Morgan fingerprint density at radius 2 is 1.66 bits per heavy atom. The van der Waals surface area contributed by atoms with Crippen molar-refractivity contribution in [1.82, 2.24) is 0 Å². The van der Waals surface area contributed by atoms with E-state index in [1.807, 2.05) is 18.2 Å². The molecule has 0 amide bonds. The van der Waals surface area contributed by atoms with Crippen LogP contribution in [0.25, 0.3) is 39.0 Å². The maximum absolute atomic E-state index is 8.08. The van der Waals surface area contributed by atoms with E-state index in [-0.39, 0.29) is 5.54 Å². The lowest BCUT2D eigenvalue weighted by Crippen LogP contribution is -2.31. The molecule has 0 bridgehead atoms. The first-order valence-corrected chi connectivity index (χ1v) is 9.96. The van der Waals surface area contributed by atoms with Crippen LogP contribution in [0.15, 0.2) is 65.1 Å². The van der Waals surface area contributed by atoms with Crippen LogP contribution >= 0.6 is 0 Å². The summed E-state index contributed by atoms with van der Waals surface area (Å²) in [5.41, 5.74) is 8.74. The molecule has 1 aliphatic carbocycles. The van der Waals surface area contributed by atoms with Crippen molar-refractivity contribution in [2.45, 2.75) is 33.2 Å². The molecule has 0 radical (unpaired) electrons. The Hall–Kier alpha value is -3.33. The molecular weight excluding hydrogens is 356 g/mol. The third kappa shape index (κ3) is 2.85. The number of hydrogen-bond acceptors (Lipinski definition) is 3. The number of rotatable bonds is 1. The van der Waals surface area contributed by atoms with Gasteiger partial charge in [0.15, 0.2) is 0 Å². The van der Waals surface area contributed by atoms with Crippen LogP contribution < -0.4 is 10.7 Å². The van der Waals surface area contributed by atoms with Gasteiger partial charge < -0.3 is 15.1 Å². The number of allylic oxidation sites excluding steroid dienone is 1. The molecule has 0 fully saturated rings. The van der Waals surface area contributed by atoms with Crippen LogP contribution in [-0.4, -0.2) is 5.54 Å². The summed E-state index contributed by atoms with van der Waals surface area (Å²) in [6.07, 6.45) is 2.25. The number of fused-ring (bicyclic) bond motifs is 4. The Bertz CT molecular complexity index is 1320. The minimum atomic E-state index is -0.101. The average molecular weight is 380 g/mol. The second kappa shape index (κ2) is 6.08. The van der Waals surface area contributed by atoms with E-state index < -0.39 is 0 Å². The molecule has 0 spiro atoms. The molecule has 2 aliphatic heterocycles. The third-order valence-corrected chi connectivity index (χ3v) is 5.66. The molecule has 29 heavy (non-hydrogen) atoms. The van der Waals surface area contributed by atoms with E-state index in [0.29, 0.717) is 5.36 Å². The van der Waals surface area contributed by atoms with E-state index in [4.69, 9.17) is 9.83 Å². The predicted molar refractivity (Wildman–Crippen MR) is 120 cm³/mol. The Balaban J connectivity index is 1.94. The quantitative estimate of drug-likeness (QED) is 0.366. The Morgan fingerprint density at radius 3 is 2.41 bits per heavy atom. The summed E-state index contributed by atoms with van der Waals surface area (Å²) in [5.74, 6) is 0.742. The van der Waals surface area contributed by atoms with E-state index in [2.05, 4.69) is 75.5 Å². The summed E-state index contributed by atoms with van der Waals surface area (Å²) in [7, 11) is 0. The molecule has 3 nitrogen and oxygen atoms in total. The van der Waals surface area contributed by atoms with Crippen LogP contribution in [0, 0.1) is 12.3 Å². The lowest BCUT2D eigenvalue weighted by molar-refractivity contribution is 0.616. The largest absolute Gasteiger partial charge is 0.455 e. The molecule has 0 aromatic heterocycles. The lowest BCUT2D eigenvalue weighted by atomic mass is 9.87. The van der Waals surface area contributed by atoms with Gasteiger partial charge in [0.05, 0.1) is 10.9 Å². The number of aryl methyl sites for hydroxylation is 1. The minimum Gasteiger partial charge on any atom is -0.455 e. The van der Waals surface area contributed by atoms with Gasteiger partial charge in [-0.25, -0.2) is 0 Å². The van der Waals surface area contributed by atoms with Gasteiger partial charge in [-0.2, -0.15) is 0 Å². The Labute approximate surface area is 170 Å². The molecule has 144 valence electrons. The van der Waals surface area contributed by atoms with Crippen LogP contribution in [0.5, 0.6) is 0 Å². The fraction of sp³-hybridized carbons (Fsp3) is 0.192. The van der Waals surface area contributed by atoms with Gasteiger partial charge in [0.25, 0.3) is 0 Å². The summed E-state index contributed by atoms with van der Waals surface area (Å²) in [5, 5.41) is 13.2. The first-order valence-electron chi connectivity index (χ1n) is 9.96. The highest BCUT2D eigenvalue weighted by Gasteiger charge is 2.27. The second-order valence-corrected chi connectivity index (χ2v) is 8.59. The van der Waals surface area contributed by atoms with Gasteiger partial charge in [0, 0.05) is 33.8 Å². The van der Waals surface area contributed by atoms with Crippen LogP contribution in [-0.2, 0) is 0 Å². The molecule has 3 aliphatic rings. The van der Waals surface area contributed by atoms with Crippen molar-refractivity contribution in [3.8, 4) is 22.5 Å². The average Bonchev–Trinajstić information content (AvgIpc) is 2.65. The van der Waals surface area contributed by atoms with Gasteiger partial charge in [-0.05, 0) is 63.1 Å². The minimum absolute atomic E-state index is 0.101. The van der Waals surface area contributed by atoms with Gasteiger partial charge in [-0.1, -0.05) is 35.9 Å². The molecule has 2 aromatic carbocycles. The highest BCUT2D eigenvalue weighted by molar-refractivity contribution is 6.07. The summed E-state index contributed by atoms with van der Waals surface area (Å²) < 4.78 is 6.45. The van der Waals surface area contributed by atoms with Crippen molar-refractivity contribution in [3.63, 3.8) is 0 Å². The van der Waals surface area contributed by atoms with Crippen molar-refractivity contribution in [2.24, 2.45) is 0 Å².